The summed E-state index contributed by atoms with van der Waals surface area (Å²) < 4.78 is 10.5. The van der Waals surface area contributed by atoms with Gasteiger partial charge in [-0.2, -0.15) is 0 Å². The van der Waals surface area contributed by atoms with Gasteiger partial charge in [-0.15, -0.1) is 0 Å². The molecule has 0 unspecified atom stereocenters. The summed E-state index contributed by atoms with van der Waals surface area (Å²) in [5.74, 6) is 0.730. The first-order valence-corrected chi connectivity index (χ1v) is 8.87. The van der Waals surface area contributed by atoms with Crippen molar-refractivity contribution in [1.29, 1.82) is 0 Å². The van der Waals surface area contributed by atoms with Crippen LogP contribution in [0.25, 0.3) is 6.08 Å². The molecule has 6 nitrogen and oxygen atoms in total. The minimum atomic E-state index is -0.283. The molecule has 0 aromatic heterocycles. The number of benzene rings is 2. The molecule has 0 aliphatic rings. The number of hydrogen-bond donors (Lipinski definition) is 1. The highest BCUT2D eigenvalue weighted by molar-refractivity contribution is 5.98. The Morgan fingerprint density at radius 1 is 1.11 bits per heavy atom. The number of aryl methyl sites for hydroxylation is 1. The van der Waals surface area contributed by atoms with E-state index in [2.05, 4.69) is 5.32 Å². The number of likely N-dealkylation sites (N-methyl/N-ethyl adjacent to an activating group) is 1. The lowest BCUT2D eigenvalue weighted by atomic mass is 10.1. The zero-order valence-electron chi connectivity index (χ0n) is 16.9. The Morgan fingerprint density at radius 3 is 2.54 bits per heavy atom. The van der Waals surface area contributed by atoms with Gasteiger partial charge < -0.3 is 19.7 Å². The summed E-state index contributed by atoms with van der Waals surface area (Å²) in [7, 11) is 4.71. The van der Waals surface area contributed by atoms with Crippen LogP contribution in [0.15, 0.2) is 42.5 Å². The third-order valence-electron chi connectivity index (χ3n) is 4.48. The number of methoxy groups -OCH3 is 2. The first kappa shape index (κ1) is 21.0. The number of amides is 2. The molecule has 2 aromatic carbocycles. The maximum Gasteiger partial charge on any atom is 0.246 e. The number of rotatable bonds is 7. The molecule has 0 atom stereocenters. The Morgan fingerprint density at radius 2 is 1.86 bits per heavy atom. The van der Waals surface area contributed by atoms with E-state index in [0.29, 0.717) is 11.5 Å². The molecule has 0 fully saturated rings. The molecule has 0 saturated heterocycles. The van der Waals surface area contributed by atoms with Crippen molar-refractivity contribution in [3.05, 3.63) is 59.2 Å². The SMILES string of the molecule is COc1ccc(/C=C/C(=O)N(C)CC(=O)Nc2cccc(C)c2C)c(OC)c1. The van der Waals surface area contributed by atoms with Gasteiger partial charge in [-0.05, 0) is 49.2 Å². The number of nitrogens with zero attached hydrogens (tertiary/aromatic N) is 1. The van der Waals surface area contributed by atoms with Gasteiger partial charge in [0.1, 0.15) is 11.5 Å². The Kier molecular flexibility index (Phi) is 7.21. The van der Waals surface area contributed by atoms with Crippen molar-refractivity contribution in [3.63, 3.8) is 0 Å². The van der Waals surface area contributed by atoms with Crippen LogP contribution in [0.5, 0.6) is 11.5 Å². The maximum absolute atomic E-state index is 12.3. The van der Waals surface area contributed by atoms with E-state index in [1.54, 1.807) is 45.5 Å². The van der Waals surface area contributed by atoms with E-state index >= 15 is 0 Å². The topological polar surface area (TPSA) is 67.9 Å². The fourth-order valence-corrected chi connectivity index (χ4v) is 2.61. The number of ether oxygens (including phenoxy) is 2. The summed E-state index contributed by atoms with van der Waals surface area (Å²) >= 11 is 0. The summed E-state index contributed by atoms with van der Waals surface area (Å²) in [6, 6.07) is 11.0. The molecule has 0 heterocycles. The van der Waals surface area contributed by atoms with Crippen LogP contribution in [-0.2, 0) is 9.59 Å². The molecule has 0 radical (unpaired) electrons. The fourth-order valence-electron chi connectivity index (χ4n) is 2.61. The van der Waals surface area contributed by atoms with Gasteiger partial charge in [0.25, 0.3) is 0 Å². The maximum atomic E-state index is 12.3. The Bertz CT molecular complexity index is 890. The number of hydrogen-bond acceptors (Lipinski definition) is 4. The largest absolute Gasteiger partial charge is 0.497 e. The van der Waals surface area contributed by atoms with Crippen LogP contribution in [0.2, 0.25) is 0 Å². The highest BCUT2D eigenvalue weighted by Crippen LogP contribution is 2.25. The second kappa shape index (κ2) is 9.60. The van der Waals surface area contributed by atoms with Crippen molar-refractivity contribution in [2.24, 2.45) is 0 Å². The van der Waals surface area contributed by atoms with Crippen LogP contribution >= 0.6 is 0 Å². The van der Waals surface area contributed by atoms with Crippen molar-refractivity contribution < 1.29 is 19.1 Å². The molecule has 0 bridgehead atoms. The molecule has 0 aliphatic carbocycles. The molecular weight excluding hydrogens is 356 g/mol. The highest BCUT2D eigenvalue weighted by Gasteiger charge is 2.12. The monoisotopic (exact) mass is 382 g/mol. The molecule has 1 N–H and O–H groups in total. The average Bonchev–Trinajstić information content (AvgIpc) is 2.69. The van der Waals surface area contributed by atoms with Crippen molar-refractivity contribution in [3.8, 4) is 11.5 Å². The van der Waals surface area contributed by atoms with Gasteiger partial charge >= 0.3 is 0 Å². The normalized spacial score (nSPS) is 10.6. The molecule has 28 heavy (non-hydrogen) atoms. The Hall–Kier alpha value is -3.28. The van der Waals surface area contributed by atoms with Crippen molar-refractivity contribution in [2.45, 2.75) is 13.8 Å². The zero-order valence-corrected chi connectivity index (χ0v) is 16.9. The smallest absolute Gasteiger partial charge is 0.246 e. The van der Waals surface area contributed by atoms with Crippen molar-refractivity contribution in [1.82, 2.24) is 4.90 Å². The molecule has 2 aromatic rings. The van der Waals surface area contributed by atoms with Crippen molar-refractivity contribution >= 4 is 23.6 Å². The third kappa shape index (κ3) is 5.36. The minimum Gasteiger partial charge on any atom is -0.497 e. The lowest BCUT2D eigenvalue weighted by Crippen LogP contribution is -2.34. The summed E-state index contributed by atoms with van der Waals surface area (Å²) in [5.41, 5.74) is 3.60. The summed E-state index contributed by atoms with van der Waals surface area (Å²) in [6.45, 7) is 3.89. The summed E-state index contributed by atoms with van der Waals surface area (Å²) in [5, 5.41) is 2.85. The number of nitrogens with one attached hydrogen (secondary N) is 1. The van der Waals surface area contributed by atoms with E-state index in [-0.39, 0.29) is 18.4 Å². The zero-order chi connectivity index (χ0) is 20.7. The van der Waals surface area contributed by atoms with Crippen LogP contribution in [0.3, 0.4) is 0 Å². The van der Waals surface area contributed by atoms with Gasteiger partial charge in [-0.1, -0.05) is 12.1 Å². The number of anilines is 1. The van der Waals surface area contributed by atoms with E-state index in [1.165, 1.54) is 11.0 Å². The highest BCUT2D eigenvalue weighted by atomic mass is 16.5. The predicted octanol–water partition coefficient (Wildman–Crippen LogP) is 3.43. The number of carbonyl (C=O) groups excluding carboxylic acids is 2. The third-order valence-corrected chi connectivity index (χ3v) is 4.48. The lowest BCUT2D eigenvalue weighted by molar-refractivity contribution is -0.129. The molecule has 2 rings (SSSR count). The van der Waals surface area contributed by atoms with Gasteiger partial charge in [0, 0.05) is 30.4 Å². The Balaban J connectivity index is 1.99. The summed E-state index contributed by atoms with van der Waals surface area (Å²) in [4.78, 5) is 26.0. The van der Waals surface area contributed by atoms with Gasteiger partial charge in [-0.25, -0.2) is 0 Å². The quantitative estimate of drug-likeness (QED) is 0.745. The molecule has 0 spiro atoms. The second-order valence-electron chi connectivity index (χ2n) is 6.43. The standard InChI is InChI=1S/C22H26N2O4/c1-15-7-6-8-19(16(15)2)23-21(25)14-24(3)22(26)12-10-17-9-11-18(27-4)13-20(17)28-5/h6-13H,14H2,1-5H3,(H,23,25)/b12-10+. The van der Waals surface area contributed by atoms with Crippen LogP contribution in [0.4, 0.5) is 5.69 Å². The van der Waals surface area contributed by atoms with Crippen LogP contribution in [0, 0.1) is 13.8 Å². The number of carbonyl (C=O) groups is 2. The van der Waals surface area contributed by atoms with Gasteiger partial charge in [0.15, 0.2) is 0 Å². The molecule has 0 saturated carbocycles. The van der Waals surface area contributed by atoms with E-state index in [0.717, 1.165) is 22.4 Å². The molecule has 148 valence electrons. The predicted molar refractivity (Wildman–Crippen MR) is 111 cm³/mol. The average molecular weight is 382 g/mol. The molecule has 6 heteroatoms. The van der Waals surface area contributed by atoms with Crippen LogP contribution in [-0.4, -0.2) is 44.5 Å². The minimum absolute atomic E-state index is 0.0453. The fraction of sp³-hybridized carbons (Fsp3) is 0.273. The molecule has 2 amide bonds. The van der Waals surface area contributed by atoms with Gasteiger partial charge in [0.05, 0.1) is 20.8 Å². The molecular formula is C22H26N2O4. The van der Waals surface area contributed by atoms with Crippen LogP contribution < -0.4 is 14.8 Å². The second-order valence-corrected chi connectivity index (χ2v) is 6.43. The lowest BCUT2D eigenvalue weighted by Gasteiger charge is -2.16. The Labute approximate surface area is 165 Å². The first-order chi connectivity index (χ1) is 13.3. The molecule has 0 aliphatic heterocycles. The van der Waals surface area contributed by atoms with Crippen molar-refractivity contribution in [2.75, 3.05) is 33.1 Å². The van der Waals surface area contributed by atoms with E-state index < -0.39 is 0 Å². The first-order valence-electron chi connectivity index (χ1n) is 8.87. The van der Waals surface area contributed by atoms with Gasteiger partial charge in [0.2, 0.25) is 11.8 Å². The summed E-state index contributed by atoms with van der Waals surface area (Å²) in [6.07, 6.45) is 3.06. The van der Waals surface area contributed by atoms with E-state index in [9.17, 15) is 9.59 Å². The van der Waals surface area contributed by atoms with E-state index in [1.807, 2.05) is 32.0 Å². The van der Waals surface area contributed by atoms with E-state index in [4.69, 9.17) is 9.47 Å². The van der Waals surface area contributed by atoms with Gasteiger partial charge in [-0.3, -0.25) is 9.59 Å². The van der Waals surface area contributed by atoms with Crippen LogP contribution in [0.1, 0.15) is 16.7 Å².